The molecular formula is C9H13N3OS. The number of thiazole rings is 1. The molecule has 0 spiro atoms. The summed E-state index contributed by atoms with van der Waals surface area (Å²) in [6.07, 6.45) is 0.801. The van der Waals surface area contributed by atoms with E-state index in [-0.39, 0.29) is 17.9 Å². The molecular weight excluding hydrogens is 198 g/mol. The Hall–Kier alpha value is -0.940. The number of amides is 1. The summed E-state index contributed by atoms with van der Waals surface area (Å²) in [7, 11) is 0. The predicted octanol–water partition coefficient (Wildman–Crippen LogP) is 1.05. The number of nitrogens with two attached hydrogens (primary N) is 1. The molecule has 1 aliphatic rings. The third-order valence-electron chi connectivity index (χ3n) is 2.44. The minimum absolute atomic E-state index is 0.000452. The van der Waals surface area contributed by atoms with Crippen molar-refractivity contribution in [2.75, 3.05) is 5.32 Å². The Morgan fingerprint density at radius 2 is 2.29 bits per heavy atom. The maximum Gasteiger partial charge on any atom is 0.230 e. The highest BCUT2D eigenvalue weighted by molar-refractivity contribution is 7.15. The Labute approximate surface area is 86.5 Å². The summed E-state index contributed by atoms with van der Waals surface area (Å²) in [5, 5.41) is 3.47. The Morgan fingerprint density at radius 3 is 2.71 bits per heavy atom. The molecule has 1 aromatic rings. The molecule has 1 aliphatic carbocycles. The number of hydrogen-bond donors (Lipinski definition) is 2. The topological polar surface area (TPSA) is 68.0 Å². The zero-order chi connectivity index (χ0) is 10.3. The van der Waals surface area contributed by atoms with Crippen molar-refractivity contribution in [2.45, 2.75) is 26.3 Å². The second-order valence-corrected chi connectivity index (χ2v) is 4.86. The lowest BCUT2D eigenvalue weighted by atomic mass is 10.4. The highest BCUT2D eigenvalue weighted by Gasteiger charge is 2.40. The van der Waals surface area contributed by atoms with Crippen molar-refractivity contribution in [2.24, 2.45) is 11.7 Å². The molecule has 1 heterocycles. The lowest BCUT2D eigenvalue weighted by Gasteiger charge is -1.98. The number of nitrogens with one attached hydrogen (secondary N) is 1. The lowest BCUT2D eigenvalue weighted by molar-refractivity contribution is -0.117. The second kappa shape index (κ2) is 3.33. The first-order valence-corrected chi connectivity index (χ1v) is 5.40. The molecule has 1 saturated carbocycles. The van der Waals surface area contributed by atoms with Gasteiger partial charge in [0, 0.05) is 10.9 Å². The second-order valence-electron chi connectivity index (χ2n) is 3.66. The summed E-state index contributed by atoms with van der Waals surface area (Å²) in [6.45, 7) is 3.93. The van der Waals surface area contributed by atoms with Crippen molar-refractivity contribution < 1.29 is 4.79 Å². The Balaban J connectivity index is 2.00. The third kappa shape index (κ3) is 1.78. The molecule has 2 rings (SSSR count). The predicted molar refractivity (Wildman–Crippen MR) is 56.3 cm³/mol. The van der Waals surface area contributed by atoms with Crippen LogP contribution in [0.4, 0.5) is 5.13 Å². The molecule has 5 heteroatoms. The van der Waals surface area contributed by atoms with Gasteiger partial charge in [-0.2, -0.15) is 0 Å². The summed E-state index contributed by atoms with van der Waals surface area (Å²) in [5.74, 6) is 0.00534. The van der Waals surface area contributed by atoms with E-state index in [9.17, 15) is 4.79 Å². The van der Waals surface area contributed by atoms with E-state index in [4.69, 9.17) is 5.73 Å². The zero-order valence-electron chi connectivity index (χ0n) is 8.20. The Morgan fingerprint density at radius 1 is 1.64 bits per heavy atom. The van der Waals surface area contributed by atoms with Crippen molar-refractivity contribution in [3.63, 3.8) is 0 Å². The Bertz CT molecular complexity index is 355. The molecule has 1 fully saturated rings. The van der Waals surface area contributed by atoms with Gasteiger partial charge in [0.2, 0.25) is 5.91 Å². The van der Waals surface area contributed by atoms with E-state index < -0.39 is 0 Å². The van der Waals surface area contributed by atoms with Crippen LogP contribution in [0, 0.1) is 19.8 Å². The van der Waals surface area contributed by atoms with Crippen LogP contribution < -0.4 is 11.1 Å². The van der Waals surface area contributed by atoms with Crippen LogP contribution in [-0.4, -0.2) is 16.9 Å². The van der Waals surface area contributed by atoms with Gasteiger partial charge in [0.1, 0.15) is 0 Å². The molecule has 1 aromatic heterocycles. The minimum atomic E-state index is -0.000452. The maximum atomic E-state index is 11.5. The van der Waals surface area contributed by atoms with Crippen molar-refractivity contribution in [1.82, 2.24) is 4.98 Å². The molecule has 3 N–H and O–H groups in total. The van der Waals surface area contributed by atoms with Gasteiger partial charge in [0.15, 0.2) is 5.13 Å². The fraction of sp³-hybridized carbons (Fsp3) is 0.556. The van der Waals surface area contributed by atoms with E-state index in [1.807, 2.05) is 13.8 Å². The van der Waals surface area contributed by atoms with Crippen molar-refractivity contribution in [3.05, 3.63) is 10.6 Å². The number of aromatic nitrogens is 1. The first-order chi connectivity index (χ1) is 6.58. The molecule has 0 bridgehead atoms. The van der Waals surface area contributed by atoms with E-state index >= 15 is 0 Å². The van der Waals surface area contributed by atoms with Gasteiger partial charge < -0.3 is 11.1 Å². The van der Waals surface area contributed by atoms with Gasteiger partial charge >= 0.3 is 0 Å². The molecule has 0 aromatic carbocycles. The molecule has 14 heavy (non-hydrogen) atoms. The monoisotopic (exact) mass is 211 g/mol. The van der Waals surface area contributed by atoms with Crippen LogP contribution in [0.15, 0.2) is 0 Å². The average molecular weight is 211 g/mol. The summed E-state index contributed by atoms with van der Waals surface area (Å²) in [5.41, 5.74) is 6.56. The fourth-order valence-electron chi connectivity index (χ4n) is 1.24. The van der Waals surface area contributed by atoms with Crippen LogP contribution in [0.25, 0.3) is 0 Å². The molecule has 2 atom stereocenters. The van der Waals surface area contributed by atoms with E-state index in [1.165, 1.54) is 11.3 Å². The van der Waals surface area contributed by atoms with Gasteiger partial charge in [-0.3, -0.25) is 4.79 Å². The first-order valence-electron chi connectivity index (χ1n) is 4.58. The SMILES string of the molecule is Cc1nc(NC(=O)C2CC2N)sc1C. The molecule has 0 aliphatic heterocycles. The highest BCUT2D eigenvalue weighted by atomic mass is 32.1. The van der Waals surface area contributed by atoms with Gasteiger partial charge in [-0.1, -0.05) is 0 Å². The standard InChI is InChI=1S/C9H13N3OS/c1-4-5(2)14-9(11-4)12-8(13)6-3-7(6)10/h6-7H,3,10H2,1-2H3,(H,11,12,13). The van der Waals surface area contributed by atoms with Crippen LogP contribution in [0.5, 0.6) is 0 Å². The summed E-state index contributed by atoms with van der Waals surface area (Å²) >= 11 is 1.51. The van der Waals surface area contributed by atoms with Gasteiger partial charge in [-0.15, -0.1) is 11.3 Å². The number of rotatable bonds is 2. The van der Waals surface area contributed by atoms with Crippen LogP contribution in [0.2, 0.25) is 0 Å². The lowest BCUT2D eigenvalue weighted by Crippen LogP contribution is -2.18. The molecule has 1 amide bonds. The first kappa shape index (κ1) is 9.61. The number of carbonyl (C=O) groups is 1. The molecule has 2 unspecified atom stereocenters. The number of hydrogen-bond acceptors (Lipinski definition) is 4. The number of nitrogens with zero attached hydrogens (tertiary/aromatic N) is 1. The number of anilines is 1. The molecule has 0 radical (unpaired) electrons. The maximum absolute atomic E-state index is 11.5. The van der Waals surface area contributed by atoms with Gasteiger partial charge in [0.05, 0.1) is 11.6 Å². The van der Waals surface area contributed by atoms with Crippen LogP contribution in [0.1, 0.15) is 17.0 Å². The van der Waals surface area contributed by atoms with Crippen molar-refractivity contribution in [1.29, 1.82) is 0 Å². The average Bonchev–Trinajstić information content (AvgIpc) is 2.74. The van der Waals surface area contributed by atoms with Gasteiger partial charge in [-0.25, -0.2) is 4.98 Å². The van der Waals surface area contributed by atoms with E-state index in [0.717, 1.165) is 17.0 Å². The van der Waals surface area contributed by atoms with E-state index in [0.29, 0.717) is 5.13 Å². The number of carbonyl (C=O) groups excluding carboxylic acids is 1. The minimum Gasteiger partial charge on any atom is -0.327 e. The van der Waals surface area contributed by atoms with Crippen molar-refractivity contribution >= 4 is 22.4 Å². The highest BCUT2D eigenvalue weighted by Crippen LogP contribution is 2.30. The summed E-state index contributed by atoms with van der Waals surface area (Å²) < 4.78 is 0. The summed E-state index contributed by atoms with van der Waals surface area (Å²) in [6, 6.07) is 0.0529. The van der Waals surface area contributed by atoms with Crippen LogP contribution in [-0.2, 0) is 4.79 Å². The van der Waals surface area contributed by atoms with Crippen LogP contribution >= 0.6 is 11.3 Å². The normalized spacial score (nSPS) is 24.8. The van der Waals surface area contributed by atoms with Crippen molar-refractivity contribution in [3.8, 4) is 0 Å². The fourth-order valence-corrected chi connectivity index (χ4v) is 2.06. The smallest absolute Gasteiger partial charge is 0.230 e. The molecule has 76 valence electrons. The van der Waals surface area contributed by atoms with Gasteiger partial charge in [0.25, 0.3) is 0 Å². The van der Waals surface area contributed by atoms with Gasteiger partial charge in [-0.05, 0) is 20.3 Å². The number of aryl methyl sites for hydroxylation is 2. The van der Waals surface area contributed by atoms with E-state index in [2.05, 4.69) is 10.3 Å². The molecule has 0 saturated heterocycles. The summed E-state index contributed by atoms with van der Waals surface area (Å²) in [4.78, 5) is 16.9. The molecule has 4 nitrogen and oxygen atoms in total. The zero-order valence-corrected chi connectivity index (χ0v) is 9.02. The van der Waals surface area contributed by atoms with Crippen LogP contribution in [0.3, 0.4) is 0 Å². The van der Waals surface area contributed by atoms with E-state index in [1.54, 1.807) is 0 Å². The quantitative estimate of drug-likeness (QED) is 0.768. The largest absolute Gasteiger partial charge is 0.327 e. The Kier molecular flexibility index (Phi) is 2.28. The third-order valence-corrected chi connectivity index (χ3v) is 3.42.